The molecule has 0 aliphatic rings. The minimum atomic E-state index is -0.847. The number of nitrogens with zero attached hydrogens (tertiary/aromatic N) is 1. The van der Waals surface area contributed by atoms with Gasteiger partial charge in [0.25, 0.3) is 0 Å². The first-order valence-corrected chi connectivity index (χ1v) is 7.37. The largest absolute Gasteiger partial charge is 0.497 e. The van der Waals surface area contributed by atoms with E-state index in [-0.39, 0.29) is 6.42 Å². The van der Waals surface area contributed by atoms with Gasteiger partial charge in [0.1, 0.15) is 5.75 Å². The van der Waals surface area contributed by atoms with Crippen LogP contribution in [0.3, 0.4) is 0 Å². The van der Waals surface area contributed by atoms with E-state index in [4.69, 9.17) is 9.84 Å². The minimum absolute atomic E-state index is 0.0175. The normalized spacial score (nSPS) is 10.7. The number of rotatable bonds is 5. The summed E-state index contributed by atoms with van der Waals surface area (Å²) < 4.78 is 5.17. The molecule has 0 fully saturated rings. The van der Waals surface area contributed by atoms with E-state index in [1.54, 1.807) is 13.3 Å². The lowest BCUT2D eigenvalue weighted by Crippen LogP contribution is -2.03. The third-order valence-corrected chi connectivity index (χ3v) is 3.83. The lowest BCUT2D eigenvalue weighted by Gasteiger charge is -2.10. The van der Waals surface area contributed by atoms with Gasteiger partial charge in [0, 0.05) is 18.0 Å². The molecule has 0 radical (unpaired) electrons. The molecular weight excluding hydrogens is 290 g/mol. The predicted octanol–water partition coefficient (Wildman–Crippen LogP) is 3.46. The summed E-state index contributed by atoms with van der Waals surface area (Å²) in [6.45, 7) is 0. The summed E-state index contributed by atoms with van der Waals surface area (Å²) in [6.07, 6.45) is 2.35. The molecule has 0 bridgehead atoms. The monoisotopic (exact) mass is 307 g/mol. The van der Waals surface area contributed by atoms with Crippen LogP contribution in [0.2, 0.25) is 0 Å². The molecule has 3 rings (SSSR count). The number of hydrogen-bond acceptors (Lipinski definition) is 3. The second kappa shape index (κ2) is 6.48. The van der Waals surface area contributed by atoms with Crippen LogP contribution in [0.25, 0.3) is 10.8 Å². The molecule has 3 aromatic rings. The Hall–Kier alpha value is -2.88. The number of ether oxygens (including phenoxy) is 1. The average molecular weight is 307 g/mol. The van der Waals surface area contributed by atoms with Crippen molar-refractivity contribution >= 4 is 16.7 Å². The molecule has 1 heterocycles. The molecule has 116 valence electrons. The van der Waals surface area contributed by atoms with Gasteiger partial charge in [-0.25, -0.2) is 0 Å². The first-order chi connectivity index (χ1) is 11.2. The zero-order valence-corrected chi connectivity index (χ0v) is 12.8. The van der Waals surface area contributed by atoms with E-state index < -0.39 is 5.97 Å². The minimum Gasteiger partial charge on any atom is -0.497 e. The highest BCUT2D eigenvalue weighted by Gasteiger charge is 2.10. The summed E-state index contributed by atoms with van der Waals surface area (Å²) in [4.78, 5) is 15.5. The van der Waals surface area contributed by atoms with Crippen molar-refractivity contribution in [2.24, 2.45) is 0 Å². The van der Waals surface area contributed by atoms with Gasteiger partial charge in [-0.3, -0.25) is 9.78 Å². The van der Waals surface area contributed by atoms with Gasteiger partial charge in [0.15, 0.2) is 0 Å². The molecule has 0 unspecified atom stereocenters. The summed E-state index contributed by atoms with van der Waals surface area (Å²) in [5.74, 6) is -0.0248. The molecular formula is C19H17NO3. The fourth-order valence-electron chi connectivity index (χ4n) is 2.69. The molecule has 0 saturated carbocycles. The molecule has 4 heteroatoms. The van der Waals surface area contributed by atoms with Crippen LogP contribution >= 0.6 is 0 Å². The zero-order valence-electron chi connectivity index (χ0n) is 12.8. The van der Waals surface area contributed by atoms with E-state index in [1.807, 2.05) is 48.5 Å². The van der Waals surface area contributed by atoms with E-state index in [0.29, 0.717) is 6.42 Å². The Bertz CT molecular complexity index is 841. The van der Waals surface area contributed by atoms with Crippen molar-refractivity contribution < 1.29 is 14.6 Å². The van der Waals surface area contributed by atoms with Gasteiger partial charge in [-0.2, -0.15) is 0 Å². The fraction of sp³-hybridized carbons (Fsp3) is 0.158. The van der Waals surface area contributed by atoms with Gasteiger partial charge < -0.3 is 9.84 Å². The quantitative estimate of drug-likeness (QED) is 0.784. The van der Waals surface area contributed by atoms with Crippen molar-refractivity contribution in [3.05, 3.63) is 71.5 Å². The highest BCUT2D eigenvalue weighted by atomic mass is 16.5. The maximum Gasteiger partial charge on any atom is 0.307 e. The SMILES string of the molecule is COc1ccc(Cc2ncc(CC(=O)O)c3ccccc23)cc1. The smallest absolute Gasteiger partial charge is 0.307 e. The van der Waals surface area contributed by atoms with Crippen LogP contribution in [0.4, 0.5) is 0 Å². The highest BCUT2D eigenvalue weighted by molar-refractivity contribution is 5.90. The predicted molar refractivity (Wildman–Crippen MR) is 88.9 cm³/mol. The summed E-state index contributed by atoms with van der Waals surface area (Å²) in [5, 5.41) is 11.0. The molecule has 0 amide bonds. The molecule has 0 atom stereocenters. The van der Waals surface area contributed by atoms with E-state index in [9.17, 15) is 4.79 Å². The van der Waals surface area contributed by atoms with Crippen LogP contribution in [0.1, 0.15) is 16.8 Å². The van der Waals surface area contributed by atoms with Gasteiger partial charge in [-0.15, -0.1) is 0 Å². The summed E-state index contributed by atoms with van der Waals surface area (Å²) in [7, 11) is 1.64. The second-order valence-corrected chi connectivity index (χ2v) is 5.37. The Balaban J connectivity index is 1.99. The van der Waals surface area contributed by atoms with Gasteiger partial charge in [0.05, 0.1) is 19.2 Å². The number of pyridine rings is 1. The number of methoxy groups -OCH3 is 1. The third kappa shape index (κ3) is 3.31. The summed E-state index contributed by atoms with van der Waals surface area (Å²) in [6, 6.07) is 15.7. The summed E-state index contributed by atoms with van der Waals surface area (Å²) >= 11 is 0. The second-order valence-electron chi connectivity index (χ2n) is 5.37. The van der Waals surface area contributed by atoms with Crippen molar-refractivity contribution in [1.82, 2.24) is 4.98 Å². The van der Waals surface area contributed by atoms with E-state index in [2.05, 4.69) is 4.98 Å². The number of aromatic nitrogens is 1. The van der Waals surface area contributed by atoms with Gasteiger partial charge >= 0.3 is 5.97 Å². The van der Waals surface area contributed by atoms with Crippen LogP contribution in [0, 0.1) is 0 Å². The van der Waals surface area contributed by atoms with Crippen LogP contribution in [-0.4, -0.2) is 23.2 Å². The van der Waals surface area contributed by atoms with Crippen LogP contribution in [0.15, 0.2) is 54.7 Å². The molecule has 23 heavy (non-hydrogen) atoms. The molecule has 4 nitrogen and oxygen atoms in total. The maximum absolute atomic E-state index is 11.0. The molecule has 1 N–H and O–H groups in total. The summed E-state index contributed by atoms with van der Waals surface area (Å²) in [5.41, 5.74) is 2.82. The number of aliphatic carboxylic acids is 1. The fourth-order valence-corrected chi connectivity index (χ4v) is 2.69. The number of hydrogen-bond donors (Lipinski definition) is 1. The van der Waals surface area contributed by atoms with Crippen molar-refractivity contribution in [1.29, 1.82) is 0 Å². The first kappa shape index (κ1) is 15.0. The van der Waals surface area contributed by atoms with Crippen molar-refractivity contribution in [2.45, 2.75) is 12.8 Å². The van der Waals surface area contributed by atoms with Crippen molar-refractivity contribution in [3.8, 4) is 5.75 Å². The number of carboxylic acids is 1. The Morgan fingerprint density at radius 2 is 1.78 bits per heavy atom. The van der Waals surface area contributed by atoms with E-state index in [0.717, 1.165) is 33.3 Å². The zero-order chi connectivity index (χ0) is 16.2. The van der Waals surface area contributed by atoms with Crippen molar-refractivity contribution in [2.75, 3.05) is 7.11 Å². The maximum atomic E-state index is 11.0. The number of carbonyl (C=O) groups is 1. The lowest BCUT2D eigenvalue weighted by molar-refractivity contribution is -0.136. The number of fused-ring (bicyclic) bond motifs is 1. The number of benzene rings is 2. The van der Waals surface area contributed by atoms with Gasteiger partial charge in [-0.05, 0) is 28.6 Å². The van der Waals surface area contributed by atoms with Gasteiger partial charge in [-0.1, -0.05) is 36.4 Å². The molecule has 0 saturated heterocycles. The highest BCUT2D eigenvalue weighted by Crippen LogP contribution is 2.24. The molecule has 1 aromatic heterocycles. The third-order valence-electron chi connectivity index (χ3n) is 3.83. The average Bonchev–Trinajstić information content (AvgIpc) is 2.57. The van der Waals surface area contributed by atoms with Crippen LogP contribution in [-0.2, 0) is 17.6 Å². The molecule has 0 spiro atoms. The van der Waals surface area contributed by atoms with Crippen LogP contribution < -0.4 is 4.74 Å². The Kier molecular flexibility index (Phi) is 4.24. The van der Waals surface area contributed by atoms with Crippen molar-refractivity contribution in [3.63, 3.8) is 0 Å². The van der Waals surface area contributed by atoms with Gasteiger partial charge in [0.2, 0.25) is 0 Å². The van der Waals surface area contributed by atoms with E-state index >= 15 is 0 Å². The molecule has 0 aliphatic carbocycles. The standard InChI is InChI=1S/C19H17NO3/c1-23-15-8-6-13(7-9-15)10-18-17-5-3-2-4-16(17)14(12-20-18)11-19(21)22/h2-9,12H,10-11H2,1H3,(H,21,22). The Morgan fingerprint density at radius 1 is 1.09 bits per heavy atom. The Morgan fingerprint density at radius 3 is 2.43 bits per heavy atom. The lowest BCUT2D eigenvalue weighted by atomic mass is 9.99. The first-order valence-electron chi connectivity index (χ1n) is 7.37. The van der Waals surface area contributed by atoms with E-state index in [1.165, 1.54) is 0 Å². The van der Waals surface area contributed by atoms with Crippen LogP contribution in [0.5, 0.6) is 5.75 Å². The Labute approximate surface area is 134 Å². The molecule has 0 aliphatic heterocycles. The number of carboxylic acid groups (broad SMARTS) is 1. The molecule has 2 aromatic carbocycles. The topological polar surface area (TPSA) is 59.4 Å².